The maximum absolute atomic E-state index is 12.0. The fourth-order valence-electron chi connectivity index (χ4n) is 2.90. The predicted molar refractivity (Wildman–Crippen MR) is 98.3 cm³/mol. The van der Waals surface area contributed by atoms with Crippen LogP contribution in [0.3, 0.4) is 0 Å². The van der Waals surface area contributed by atoms with Crippen molar-refractivity contribution in [1.29, 1.82) is 0 Å². The van der Waals surface area contributed by atoms with Crippen LogP contribution < -0.4 is 15.5 Å². The van der Waals surface area contributed by atoms with Gasteiger partial charge in [-0.05, 0) is 25.0 Å². The molecular weight excluding hydrogens is 314 g/mol. The summed E-state index contributed by atoms with van der Waals surface area (Å²) in [6.45, 7) is 1.48. The normalized spacial score (nSPS) is 16.0. The Bertz CT molecular complexity index is 781. The minimum atomic E-state index is -0.255. The molecule has 1 amide bonds. The summed E-state index contributed by atoms with van der Waals surface area (Å²) < 4.78 is 0. The van der Waals surface area contributed by atoms with E-state index in [4.69, 9.17) is 0 Å². The van der Waals surface area contributed by atoms with E-state index >= 15 is 0 Å². The summed E-state index contributed by atoms with van der Waals surface area (Å²) >= 11 is 0. The fraction of sp³-hybridized carbons (Fsp3) is 0.316. The molecule has 2 heterocycles. The molecule has 2 N–H and O–H groups in total. The Morgan fingerprint density at radius 3 is 2.96 bits per heavy atom. The van der Waals surface area contributed by atoms with E-state index in [-0.39, 0.29) is 11.9 Å². The van der Waals surface area contributed by atoms with Gasteiger partial charge >= 0.3 is 0 Å². The van der Waals surface area contributed by atoms with Gasteiger partial charge in [0.1, 0.15) is 18.0 Å². The average molecular weight is 335 g/mol. The van der Waals surface area contributed by atoms with Gasteiger partial charge in [-0.1, -0.05) is 24.1 Å². The van der Waals surface area contributed by atoms with Crippen LogP contribution in [0.1, 0.15) is 18.4 Å². The van der Waals surface area contributed by atoms with E-state index in [2.05, 4.69) is 37.3 Å². The first-order chi connectivity index (χ1) is 12.3. The van der Waals surface area contributed by atoms with Crippen LogP contribution in [0.4, 0.5) is 11.6 Å². The molecule has 0 radical (unpaired) electrons. The van der Waals surface area contributed by atoms with Gasteiger partial charge < -0.3 is 15.5 Å². The fourth-order valence-corrected chi connectivity index (χ4v) is 2.90. The van der Waals surface area contributed by atoms with E-state index in [1.165, 1.54) is 0 Å². The minimum Gasteiger partial charge on any atom is -0.373 e. The van der Waals surface area contributed by atoms with Crippen LogP contribution in [0.2, 0.25) is 0 Å². The number of rotatable bonds is 4. The van der Waals surface area contributed by atoms with Crippen molar-refractivity contribution in [2.45, 2.75) is 18.9 Å². The zero-order valence-electron chi connectivity index (χ0n) is 14.2. The first-order valence-corrected chi connectivity index (χ1v) is 8.37. The van der Waals surface area contributed by atoms with E-state index < -0.39 is 0 Å². The number of amides is 1. The summed E-state index contributed by atoms with van der Waals surface area (Å²) in [6.07, 6.45) is 3.65. The predicted octanol–water partition coefficient (Wildman–Crippen LogP) is 1.65. The number of anilines is 2. The highest BCUT2D eigenvalue weighted by Crippen LogP contribution is 2.24. The maximum Gasteiger partial charge on any atom is 0.296 e. The van der Waals surface area contributed by atoms with Crippen LogP contribution in [0, 0.1) is 11.8 Å². The van der Waals surface area contributed by atoms with Gasteiger partial charge in [-0.25, -0.2) is 9.97 Å². The van der Waals surface area contributed by atoms with E-state index in [1.807, 2.05) is 43.4 Å². The molecule has 1 saturated heterocycles. The Labute approximate surface area is 147 Å². The first-order valence-electron chi connectivity index (χ1n) is 8.37. The van der Waals surface area contributed by atoms with Crippen molar-refractivity contribution in [2.75, 3.05) is 30.4 Å². The summed E-state index contributed by atoms with van der Waals surface area (Å²) in [7, 11) is 1.83. The summed E-state index contributed by atoms with van der Waals surface area (Å²) in [5.41, 5.74) is 0.834. The van der Waals surface area contributed by atoms with Gasteiger partial charge in [-0.2, -0.15) is 0 Å². The van der Waals surface area contributed by atoms with Crippen molar-refractivity contribution in [1.82, 2.24) is 15.3 Å². The molecule has 6 nitrogen and oxygen atoms in total. The number of aromatic nitrogens is 2. The lowest BCUT2D eigenvalue weighted by Crippen LogP contribution is -2.40. The number of hydrogen-bond donors (Lipinski definition) is 2. The monoisotopic (exact) mass is 335 g/mol. The SMILES string of the molecule is CNc1cc(N2CCC[C@H]2CNC(=O)C#Cc2ccccc2)ncn1. The average Bonchev–Trinajstić information content (AvgIpc) is 3.14. The molecule has 0 saturated carbocycles. The minimum absolute atomic E-state index is 0.224. The van der Waals surface area contributed by atoms with Gasteiger partial charge in [0.15, 0.2) is 0 Å². The Kier molecular flexibility index (Phi) is 5.47. The molecule has 25 heavy (non-hydrogen) atoms. The largest absolute Gasteiger partial charge is 0.373 e. The smallest absolute Gasteiger partial charge is 0.296 e. The van der Waals surface area contributed by atoms with Crippen molar-refractivity contribution in [3.63, 3.8) is 0 Å². The van der Waals surface area contributed by atoms with E-state index in [0.717, 1.165) is 36.6 Å². The van der Waals surface area contributed by atoms with Crippen LogP contribution in [0.15, 0.2) is 42.7 Å². The molecule has 3 rings (SSSR count). The summed E-state index contributed by atoms with van der Waals surface area (Å²) in [4.78, 5) is 22.7. The van der Waals surface area contributed by atoms with Crippen LogP contribution in [0.25, 0.3) is 0 Å². The van der Waals surface area contributed by atoms with Crippen LogP contribution in [0.5, 0.6) is 0 Å². The molecule has 1 aromatic heterocycles. The van der Waals surface area contributed by atoms with Gasteiger partial charge in [0, 0.05) is 43.7 Å². The Morgan fingerprint density at radius 1 is 1.32 bits per heavy atom. The van der Waals surface area contributed by atoms with Crippen molar-refractivity contribution < 1.29 is 4.79 Å². The van der Waals surface area contributed by atoms with Crippen molar-refractivity contribution >= 4 is 17.5 Å². The third-order valence-corrected chi connectivity index (χ3v) is 4.17. The number of hydrogen-bond acceptors (Lipinski definition) is 5. The molecule has 1 aromatic carbocycles. The van der Waals surface area contributed by atoms with Crippen LogP contribution in [-0.2, 0) is 4.79 Å². The number of nitrogens with one attached hydrogen (secondary N) is 2. The molecule has 1 fully saturated rings. The lowest BCUT2D eigenvalue weighted by atomic mass is 10.2. The second kappa shape index (κ2) is 8.15. The Balaban J connectivity index is 1.58. The quantitative estimate of drug-likeness (QED) is 0.832. The highest BCUT2D eigenvalue weighted by Gasteiger charge is 2.26. The van der Waals surface area contributed by atoms with Crippen molar-refractivity contribution in [2.24, 2.45) is 0 Å². The molecule has 0 unspecified atom stereocenters. The summed E-state index contributed by atoms with van der Waals surface area (Å²) in [5, 5.41) is 5.93. The van der Waals surface area contributed by atoms with E-state index in [1.54, 1.807) is 6.33 Å². The highest BCUT2D eigenvalue weighted by atomic mass is 16.1. The third-order valence-electron chi connectivity index (χ3n) is 4.17. The second-order valence-electron chi connectivity index (χ2n) is 5.83. The Hall–Kier alpha value is -3.07. The molecule has 1 aliphatic rings. The number of benzene rings is 1. The van der Waals surface area contributed by atoms with Crippen molar-refractivity contribution in [3.8, 4) is 11.8 Å². The zero-order chi connectivity index (χ0) is 17.5. The molecule has 0 spiro atoms. The molecule has 0 bridgehead atoms. The van der Waals surface area contributed by atoms with Gasteiger partial charge in [0.2, 0.25) is 0 Å². The molecule has 0 aliphatic carbocycles. The van der Waals surface area contributed by atoms with Crippen LogP contribution in [-0.4, -0.2) is 42.1 Å². The molecule has 1 atom stereocenters. The number of carbonyl (C=O) groups is 1. The second-order valence-corrected chi connectivity index (χ2v) is 5.83. The standard InChI is InChI=1S/C19H21N5O/c1-20-17-12-18(23-14-22-17)24-11-5-8-16(24)13-21-19(25)10-9-15-6-3-2-4-7-15/h2-4,6-7,12,14,16H,5,8,11,13H2,1H3,(H,21,25)(H,20,22,23)/t16-/m0/s1. The van der Waals surface area contributed by atoms with Gasteiger partial charge in [-0.15, -0.1) is 0 Å². The van der Waals surface area contributed by atoms with E-state index in [9.17, 15) is 4.79 Å². The lowest BCUT2D eigenvalue weighted by molar-refractivity contribution is -0.115. The maximum atomic E-state index is 12.0. The van der Waals surface area contributed by atoms with E-state index in [0.29, 0.717) is 6.54 Å². The molecule has 6 heteroatoms. The molecule has 2 aromatic rings. The van der Waals surface area contributed by atoms with Crippen molar-refractivity contribution in [3.05, 3.63) is 48.3 Å². The van der Waals surface area contributed by atoms with Gasteiger partial charge in [0.25, 0.3) is 5.91 Å². The first kappa shape index (κ1) is 16.8. The molecule has 128 valence electrons. The summed E-state index contributed by atoms with van der Waals surface area (Å²) in [5.74, 6) is 6.93. The molecule has 1 aliphatic heterocycles. The zero-order valence-corrected chi connectivity index (χ0v) is 14.2. The summed E-state index contributed by atoms with van der Waals surface area (Å²) in [6, 6.07) is 11.6. The highest BCUT2D eigenvalue weighted by molar-refractivity contribution is 5.94. The third kappa shape index (κ3) is 4.48. The van der Waals surface area contributed by atoms with Gasteiger partial charge in [0.05, 0.1) is 0 Å². The topological polar surface area (TPSA) is 70.2 Å². The van der Waals surface area contributed by atoms with Crippen LogP contribution >= 0.6 is 0 Å². The van der Waals surface area contributed by atoms with Gasteiger partial charge in [-0.3, -0.25) is 4.79 Å². The number of nitrogens with zero attached hydrogens (tertiary/aromatic N) is 3. The lowest BCUT2D eigenvalue weighted by Gasteiger charge is -2.25. The Morgan fingerprint density at radius 2 is 2.16 bits per heavy atom. The number of carbonyl (C=O) groups excluding carboxylic acids is 1. The molecular formula is C19H21N5O.